The summed E-state index contributed by atoms with van der Waals surface area (Å²) in [6.45, 7) is 9.44. The Hall–Kier alpha value is -2.75. The second kappa shape index (κ2) is 9.01. The third-order valence-electron chi connectivity index (χ3n) is 5.89. The number of pyridine rings is 1. The van der Waals surface area contributed by atoms with Gasteiger partial charge in [-0.25, -0.2) is 23.4 Å². The first-order valence-corrected chi connectivity index (χ1v) is 12.9. The summed E-state index contributed by atoms with van der Waals surface area (Å²) in [6, 6.07) is 4.09. The molecule has 0 aromatic carbocycles. The average molecular weight is 458 g/mol. The molecule has 4 rings (SSSR count). The molecule has 0 bridgehead atoms. The fourth-order valence-electron chi connectivity index (χ4n) is 4.41. The Labute approximate surface area is 189 Å². The minimum absolute atomic E-state index is 0.259. The maximum atomic E-state index is 12.4. The first kappa shape index (κ1) is 22.4. The van der Waals surface area contributed by atoms with Crippen molar-refractivity contribution in [2.75, 3.05) is 29.1 Å². The van der Waals surface area contributed by atoms with Gasteiger partial charge in [-0.05, 0) is 46.1 Å². The molecule has 3 aromatic heterocycles. The van der Waals surface area contributed by atoms with Gasteiger partial charge in [0.2, 0.25) is 5.95 Å². The highest BCUT2D eigenvalue weighted by Gasteiger charge is 2.30. The van der Waals surface area contributed by atoms with Crippen LogP contribution in [0.3, 0.4) is 0 Å². The Bertz CT molecular complexity index is 1200. The molecule has 4 heterocycles. The van der Waals surface area contributed by atoms with Crippen molar-refractivity contribution < 1.29 is 8.42 Å². The van der Waals surface area contributed by atoms with Crippen molar-refractivity contribution >= 4 is 38.5 Å². The topological polar surface area (TPSA) is 106 Å². The van der Waals surface area contributed by atoms with E-state index < -0.39 is 9.84 Å². The first-order chi connectivity index (χ1) is 15.3. The predicted octanol–water partition coefficient (Wildman–Crippen LogP) is 3.65. The largest absolute Gasteiger partial charge is 0.341 e. The summed E-state index contributed by atoms with van der Waals surface area (Å²) in [7, 11) is -3.01. The molecular weight excluding hydrogens is 426 g/mol. The zero-order valence-corrected chi connectivity index (χ0v) is 19.9. The number of hydrogen-bond acceptors (Lipinski definition) is 8. The SMILES string of the molecule is CCCS(=O)(=O)C1CCN(c2nccc(Nc3cc4c(cn3)nc(C)n4C(C)C)n2)CC1. The van der Waals surface area contributed by atoms with E-state index in [4.69, 9.17) is 0 Å². The van der Waals surface area contributed by atoms with E-state index in [0.717, 1.165) is 16.9 Å². The lowest BCUT2D eigenvalue weighted by atomic mass is 10.1. The Kier molecular flexibility index (Phi) is 6.32. The van der Waals surface area contributed by atoms with Crippen molar-refractivity contribution in [2.24, 2.45) is 0 Å². The van der Waals surface area contributed by atoms with Crippen LogP contribution in [0.4, 0.5) is 17.6 Å². The zero-order chi connectivity index (χ0) is 22.9. The number of nitrogens with zero attached hydrogens (tertiary/aromatic N) is 6. The van der Waals surface area contributed by atoms with Gasteiger partial charge < -0.3 is 14.8 Å². The molecule has 1 saturated heterocycles. The van der Waals surface area contributed by atoms with E-state index in [9.17, 15) is 8.42 Å². The number of imidazole rings is 1. The van der Waals surface area contributed by atoms with E-state index in [2.05, 4.69) is 48.6 Å². The van der Waals surface area contributed by atoms with Gasteiger partial charge in [-0.15, -0.1) is 0 Å². The Morgan fingerprint density at radius 1 is 1.16 bits per heavy atom. The molecule has 0 spiro atoms. The number of aromatic nitrogens is 5. The molecule has 10 heteroatoms. The minimum Gasteiger partial charge on any atom is -0.341 e. The highest BCUT2D eigenvalue weighted by atomic mass is 32.2. The summed E-state index contributed by atoms with van der Waals surface area (Å²) in [5.74, 6) is 3.16. The molecule has 0 aliphatic carbocycles. The summed E-state index contributed by atoms with van der Waals surface area (Å²) < 4.78 is 26.9. The van der Waals surface area contributed by atoms with Crippen LogP contribution in [-0.2, 0) is 9.84 Å². The highest BCUT2D eigenvalue weighted by Crippen LogP contribution is 2.25. The Balaban J connectivity index is 1.49. The average Bonchev–Trinajstić information content (AvgIpc) is 3.09. The van der Waals surface area contributed by atoms with Crippen LogP contribution >= 0.6 is 0 Å². The maximum Gasteiger partial charge on any atom is 0.227 e. The van der Waals surface area contributed by atoms with Crippen molar-refractivity contribution in [3.8, 4) is 0 Å². The van der Waals surface area contributed by atoms with E-state index in [-0.39, 0.29) is 11.0 Å². The number of hydrogen-bond donors (Lipinski definition) is 1. The zero-order valence-electron chi connectivity index (χ0n) is 19.1. The van der Waals surface area contributed by atoms with E-state index >= 15 is 0 Å². The van der Waals surface area contributed by atoms with Gasteiger partial charge in [0.25, 0.3) is 0 Å². The third-order valence-corrected chi connectivity index (χ3v) is 8.35. The monoisotopic (exact) mass is 457 g/mol. The van der Waals surface area contributed by atoms with Gasteiger partial charge in [0.1, 0.15) is 23.0 Å². The van der Waals surface area contributed by atoms with Gasteiger partial charge in [-0.1, -0.05) is 6.92 Å². The number of piperidine rings is 1. The molecule has 1 aliphatic rings. The fraction of sp³-hybridized carbons (Fsp3) is 0.545. The van der Waals surface area contributed by atoms with Crippen LogP contribution in [0.5, 0.6) is 0 Å². The number of nitrogens with one attached hydrogen (secondary N) is 1. The molecule has 172 valence electrons. The Morgan fingerprint density at radius 2 is 1.91 bits per heavy atom. The van der Waals surface area contributed by atoms with E-state index in [0.29, 0.717) is 56.0 Å². The number of rotatable bonds is 7. The van der Waals surface area contributed by atoms with Crippen LogP contribution in [0.1, 0.15) is 51.9 Å². The molecule has 1 aliphatic heterocycles. The standard InChI is InChI=1S/C22H31N7O2S/c1-5-12-32(30,31)17-7-10-28(11-8-17)22-23-9-6-20(27-22)26-21-13-19-18(14-24-21)25-16(4)29(19)15(2)3/h6,9,13-15,17H,5,7-8,10-12H2,1-4H3,(H,23,24,26,27). The Morgan fingerprint density at radius 3 is 2.59 bits per heavy atom. The summed E-state index contributed by atoms with van der Waals surface area (Å²) >= 11 is 0. The lowest BCUT2D eigenvalue weighted by Gasteiger charge is -2.31. The second-order valence-electron chi connectivity index (χ2n) is 8.60. The van der Waals surface area contributed by atoms with E-state index in [1.54, 1.807) is 18.5 Å². The van der Waals surface area contributed by atoms with Gasteiger partial charge >= 0.3 is 0 Å². The summed E-state index contributed by atoms with van der Waals surface area (Å²) in [6.07, 6.45) is 5.37. The normalized spacial score (nSPS) is 15.6. The van der Waals surface area contributed by atoms with Gasteiger partial charge in [-0.3, -0.25) is 0 Å². The van der Waals surface area contributed by atoms with Crippen LogP contribution in [0.15, 0.2) is 24.5 Å². The number of anilines is 3. The molecule has 3 aromatic rings. The molecule has 0 atom stereocenters. The van der Waals surface area contributed by atoms with Gasteiger partial charge in [-0.2, -0.15) is 4.98 Å². The quantitative estimate of drug-likeness (QED) is 0.573. The van der Waals surface area contributed by atoms with Crippen LogP contribution < -0.4 is 10.2 Å². The third kappa shape index (κ3) is 4.55. The van der Waals surface area contributed by atoms with Crippen molar-refractivity contribution in [2.45, 2.75) is 58.2 Å². The molecule has 1 fully saturated rings. The fourth-order valence-corrected chi connectivity index (χ4v) is 6.24. The van der Waals surface area contributed by atoms with Crippen molar-refractivity contribution in [1.29, 1.82) is 0 Å². The number of fused-ring (bicyclic) bond motifs is 1. The minimum atomic E-state index is -3.01. The van der Waals surface area contributed by atoms with Crippen LogP contribution in [0.2, 0.25) is 0 Å². The molecule has 0 radical (unpaired) electrons. The molecule has 1 N–H and O–H groups in total. The van der Waals surface area contributed by atoms with Crippen molar-refractivity contribution in [1.82, 2.24) is 24.5 Å². The predicted molar refractivity (Wildman–Crippen MR) is 127 cm³/mol. The van der Waals surface area contributed by atoms with Crippen LogP contribution in [0.25, 0.3) is 11.0 Å². The van der Waals surface area contributed by atoms with Crippen molar-refractivity contribution in [3.63, 3.8) is 0 Å². The van der Waals surface area contributed by atoms with Gasteiger partial charge in [0.05, 0.1) is 22.7 Å². The summed E-state index contributed by atoms with van der Waals surface area (Å²) in [5.41, 5.74) is 1.89. The van der Waals surface area contributed by atoms with Crippen LogP contribution in [-0.4, -0.2) is 57.0 Å². The second-order valence-corrected chi connectivity index (χ2v) is 11.0. The lowest BCUT2D eigenvalue weighted by Crippen LogP contribution is -2.40. The first-order valence-electron chi connectivity index (χ1n) is 11.2. The molecule has 32 heavy (non-hydrogen) atoms. The summed E-state index contributed by atoms with van der Waals surface area (Å²) in [5, 5.41) is 3.02. The molecule has 0 saturated carbocycles. The van der Waals surface area contributed by atoms with Gasteiger partial charge in [0, 0.05) is 31.4 Å². The lowest BCUT2D eigenvalue weighted by molar-refractivity contribution is 0.525. The molecule has 0 unspecified atom stereocenters. The number of sulfone groups is 1. The van der Waals surface area contributed by atoms with Gasteiger partial charge in [0.15, 0.2) is 9.84 Å². The van der Waals surface area contributed by atoms with Crippen molar-refractivity contribution in [3.05, 3.63) is 30.4 Å². The van der Waals surface area contributed by atoms with E-state index in [1.165, 1.54) is 0 Å². The maximum absolute atomic E-state index is 12.4. The smallest absolute Gasteiger partial charge is 0.227 e. The number of aryl methyl sites for hydroxylation is 1. The highest BCUT2D eigenvalue weighted by molar-refractivity contribution is 7.92. The van der Waals surface area contributed by atoms with E-state index in [1.807, 2.05) is 19.9 Å². The van der Waals surface area contributed by atoms with Crippen LogP contribution in [0, 0.1) is 6.92 Å². The molecular formula is C22H31N7O2S. The summed E-state index contributed by atoms with van der Waals surface area (Å²) in [4.78, 5) is 20.2. The molecule has 0 amide bonds. The molecule has 9 nitrogen and oxygen atoms in total.